The summed E-state index contributed by atoms with van der Waals surface area (Å²) in [7, 11) is 1.61. The Morgan fingerprint density at radius 2 is 2.23 bits per heavy atom. The molecular formula is C15H19ClN4O2. The lowest BCUT2D eigenvalue weighted by atomic mass is 10.1. The van der Waals surface area contributed by atoms with Gasteiger partial charge in [0.2, 0.25) is 0 Å². The predicted octanol–water partition coefficient (Wildman–Crippen LogP) is 3.07. The van der Waals surface area contributed by atoms with Gasteiger partial charge in [0.25, 0.3) is 0 Å². The zero-order valence-electron chi connectivity index (χ0n) is 12.8. The first-order valence-corrected chi connectivity index (χ1v) is 7.19. The molecule has 118 valence electrons. The van der Waals surface area contributed by atoms with Crippen LogP contribution in [0, 0.1) is 0 Å². The molecule has 0 unspecified atom stereocenters. The van der Waals surface area contributed by atoms with Crippen molar-refractivity contribution >= 4 is 23.3 Å². The second-order valence-corrected chi connectivity index (χ2v) is 5.82. The summed E-state index contributed by atoms with van der Waals surface area (Å²) >= 11 is 6.02. The Kier molecular flexibility index (Phi) is 5.05. The maximum Gasteiger partial charge on any atom is 0.319 e. The molecule has 0 aliphatic heterocycles. The molecule has 2 aromatic rings. The number of aromatic nitrogens is 2. The predicted molar refractivity (Wildman–Crippen MR) is 86.7 cm³/mol. The number of benzene rings is 1. The Hall–Kier alpha value is -2.05. The van der Waals surface area contributed by atoms with Gasteiger partial charge in [-0.2, -0.15) is 5.10 Å². The number of halogens is 1. The van der Waals surface area contributed by atoms with Crippen molar-refractivity contribution in [3.63, 3.8) is 0 Å². The van der Waals surface area contributed by atoms with Crippen LogP contribution in [0.25, 0.3) is 5.69 Å². The quantitative estimate of drug-likeness (QED) is 0.889. The van der Waals surface area contributed by atoms with Crippen LogP contribution in [0.4, 0.5) is 10.5 Å². The van der Waals surface area contributed by atoms with Gasteiger partial charge in [-0.1, -0.05) is 11.6 Å². The monoisotopic (exact) mass is 322 g/mol. The van der Waals surface area contributed by atoms with Crippen molar-refractivity contribution < 1.29 is 9.53 Å². The number of hydrogen-bond acceptors (Lipinski definition) is 3. The number of carbonyl (C=O) groups excluding carboxylic acids is 1. The molecule has 1 aromatic heterocycles. The zero-order chi connectivity index (χ0) is 16.2. The average Bonchev–Trinajstić information content (AvgIpc) is 3.01. The Morgan fingerprint density at radius 1 is 1.45 bits per heavy atom. The third kappa shape index (κ3) is 4.22. The van der Waals surface area contributed by atoms with E-state index in [0.717, 1.165) is 0 Å². The lowest BCUT2D eigenvalue weighted by Gasteiger charge is -2.23. The highest BCUT2D eigenvalue weighted by Crippen LogP contribution is 2.23. The number of urea groups is 1. The van der Waals surface area contributed by atoms with Crippen molar-refractivity contribution in [3.05, 3.63) is 41.7 Å². The van der Waals surface area contributed by atoms with E-state index in [0.29, 0.717) is 22.9 Å². The summed E-state index contributed by atoms with van der Waals surface area (Å²) in [4.78, 5) is 12.0. The maximum absolute atomic E-state index is 12.0. The Morgan fingerprint density at radius 3 is 2.86 bits per heavy atom. The van der Waals surface area contributed by atoms with E-state index in [2.05, 4.69) is 15.7 Å². The van der Waals surface area contributed by atoms with E-state index < -0.39 is 5.60 Å². The number of ether oxygens (including phenoxy) is 1. The second kappa shape index (κ2) is 6.81. The van der Waals surface area contributed by atoms with E-state index in [1.807, 2.05) is 13.8 Å². The fraction of sp³-hybridized carbons (Fsp3) is 0.333. The third-order valence-electron chi connectivity index (χ3n) is 3.19. The van der Waals surface area contributed by atoms with Crippen LogP contribution in [-0.2, 0) is 4.74 Å². The zero-order valence-corrected chi connectivity index (χ0v) is 13.5. The molecule has 22 heavy (non-hydrogen) atoms. The van der Waals surface area contributed by atoms with Gasteiger partial charge < -0.3 is 15.4 Å². The number of nitrogens with zero attached hydrogens (tertiary/aromatic N) is 2. The number of nitrogens with one attached hydrogen (secondary N) is 2. The molecule has 1 aromatic carbocycles. The average molecular weight is 323 g/mol. The molecule has 0 spiro atoms. The van der Waals surface area contributed by atoms with Gasteiger partial charge in [0.15, 0.2) is 0 Å². The summed E-state index contributed by atoms with van der Waals surface area (Å²) in [5.41, 5.74) is 0.877. The molecule has 0 bridgehead atoms. The van der Waals surface area contributed by atoms with Crippen LogP contribution >= 0.6 is 11.6 Å². The van der Waals surface area contributed by atoms with Crippen LogP contribution in [0.15, 0.2) is 36.7 Å². The Balaban J connectivity index is 2.11. The summed E-state index contributed by atoms with van der Waals surface area (Å²) in [6, 6.07) is 6.67. The fourth-order valence-corrected chi connectivity index (χ4v) is 1.91. The molecule has 0 radical (unpaired) electrons. The van der Waals surface area contributed by atoms with E-state index in [-0.39, 0.29) is 6.03 Å². The van der Waals surface area contributed by atoms with Gasteiger partial charge in [-0.05, 0) is 38.1 Å². The molecule has 0 saturated carbocycles. The third-order valence-corrected chi connectivity index (χ3v) is 3.42. The maximum atomic E-state index is 12.0. The molecular weight excluding hydrogens is 304 g/mol. The van der Waals surface area contributed by atoms with Crippen molar-refractivity contribution in [1.29, 1.82) is 0 Å². The highest BCUT2D eigenvalue weighted by atomic mass is 35.5. The number of hydrogen-bond donors (Lipinski definition) is 2. The van der Waals surface area contributed by atoms with Gasteiger partial charge in [0, 0.05) is 31.1 Å². The molecule has 2 amide bonds. The van der Waals surface area contributed by atoms with Gasteiger partial charge >= 0.3 is 6.03 Å². The first kappa shape index (κ1) is 16.3. The van der Waals surface area contributed by atoms with Crippen LogP contribution in [0.1, 0.15) is 13.8 Å². The molecule has 0 fully saturated rings. The van der Waals surface area contributed by atoms with Gasteiger partial charge in [0.05, 0.1) is 17.0 Å². The summed E-state index contributed by atoms with van der Waals surface area (Å²) in [6.07, 6.45) is 3.44. The van der Waals surface area contributed by atoms with Gasteiger partial charge in [-0.15, -0.1) is 0 Å². The summed E-state index contributed by atoms with van der Waals surface area (Å²) in [5.74, 6) is 0. The minimum absolute atomic E-state index is 0.319. The molecule has 0 aliphatic carbocycles. The minimum atomic E-state index is -0.428. The van der Waals surface area contributed by atoms with E-state index in [1.54, 1.807) is 48.5 Å². The van der Waals surface area contributed by atoms with E-state index in [1.165, 1.54) is 0 Å². The van der Waals surface area contributed by atoms with Gasteiger partial charge in [-0.3, -0.25) is 0 Å². The summed E-state index contributed by atoms with van der Waals surface area (Å²) < 4.78 is 6.90. The lowest BCUT2D eigenvalue weighted by molar-refractivity contribution is 0.0257. The normalized spacial score (nSPS) is 11.3. The minimum Gasteiger partial charge on any atom is -0.377 e. The fourth-order valence-electron chi connectivity index (χ4n) is 1.74. The summed E-state index contributed by atoms with van der Waals surface area (Å²) in [6.45, 7) is 4.18. The SMILES string of the molecule is COC(C)(C)CNC(=O)Nc1ccc(Cl)cc1-n1cccn1. The molecule has 1 heterocycles. The molecule has 2 rings (SSSR count). The van der Waals surface area contributed by atoms with E-state index >= 15 is 0 Å². The summed E-state index contributed by atoms with van der Waals surface area (Å²) in [5, 5.41) is 10.3. The van der Waals surface area contributed by atoms with Gasteiger partial charge in [-0.25, -0.2) is 9.48 Å². The van der Waals surface area contributed by atoms with Crippen molar-refractivity contribution in [2.24, 2.45) is 0 Å². The molecule has 0 atom stereocenters. The number of methoxy groups -OCH3 is 1. The van der Waals surface area contributed by atoms with Crippen LogP contribution in [0.3, 0.4) is 0 Å². The van der Waals surface area contributed by atoms with Crippen molar-refractivity contribution in [2.75, 3.05) is 19.0 Å². The number of anilines is 1. The van der Waals surface area contributed by atoms with Crippen LogP contribution < -0.4 is 10.6 Å². The lowest BCUT2D eigenvalue weighted by Crippen LogP contribution is -2.41. The highest BCUT2D eigenvalue weighted by molar-refractivity contribution is 6.30. The topological polar surface area (TPSA) is 68.2 Å². The largest absolute Gasteiger partial charge is 0.377 e. The van der Waals surface area contributed by atoms with Crippen molar-refractivity contribution in [1.82, 2.24) is 15.1 Å². The van der Waals surface area contributed by atoms with Gasteiger partial charge in [0.1, 0.15) is 0 Å². The van der Waals surface area contributed by atoms with Crippen molar-refractivity contribution in [3.8, 4) is 5.69 Å². The van der Waals surface area contributed by atoms with Crippen LogP contribution in [0.2, 0.25) is 5.02 Å². The van der Waals surface area contributed by atoms with Crippen molar-refractivity contribution in [2.45, 2.75) is 19.4 Å². The van der Waals surface area contributed by atoms with E-state index in [4.69, 9.17) is 16.3 Å². The van der Waals surface area contributed by atoms with Crippen LogP contribution in [-0.4, -0.2) is 35.1 Å². The molecule has 0 aliphatic rings. The highest BCUT2D eigenvalue weighted by Gasteiger charge is 2.18. The molecule has 6 nitrogen and oxygen atoms in total. The van der Waals surface area contributed by atoms with Crippen LogP contribution in [0.5, 0.6) is 0 Å². The molecule has 7 heteroatoms. The first-order chi connectivity index (χ1) is 10.4. The Labute approximate surface area is 134 Å². The first-order valence-electron chi connectivity index (χ1n) is 6.81. The van der Waals surface area contributed by atoms with E-state index in [9.17, 15) is 4.79 Å². The second-order valence-electron chi connectivity index (χ2n) is 5.38. The Bertz CT molecular complexity index is 641. The number of carbonyl (C=O) groups is 1. The smallest absolute Gasteiger partial charge is 0.319 e. The molecule has 0 saturated heterocycles. The number of amides is 2. The number of rotatable bonds is 5. The standard InChI is InChI=1S/C15H19ClN4O2/c1-15(2,22-3)10-17-14(21)19-12-6-5-11(16)9-13(12)20-8-4-7-18-20/h4-9H,10H2,1-3H3,(H2,17,19,21). The molecule has 2 N–H and O–H groups in total.